The highest BCUT2D eigenvalue weighted by Gasteiger charge is 2.25. The van der Waals surface area contributed by atoms with Crippen LogP contribution in [0.5, 0.6) is 0 Å². The third kappa shape index (κ3) is 2.09. The predicted molar refractivity (Wildman–Crippen MR) is 48.5 cm³/mol. The molecular weight excluding hydrogens is 186 g/mol. The van der Waals surface area contributed by atoms with Crippen LogP contribution >= 0.6 is 0 Å². The van der Waals surface area contributed by atoms with Gasteiger partial charge >= 0.3 is 5.97 Å². The van der Waals surface area contributed by atoms with Crippen LogP contribution in [0.1, 0.15) is 18.7 Å². The molecule has 1 aromatic rings. The first-order chi connectivity index (χ1) is 6.56. The van der Waals surface area contributed by atoms with Gasteiger partial charge in [-0.3, -0.25) is 9.48 Å². The van der Waals surface area contributed by atoms with Crippen LogP contribution in [-0.4, -0.2) is 32.0 Å². The lowest BCUT2D eigenvalue weighted by Crippen LogP contribution is -2.36. The van der Waals surface area contributed by atoms with Crippen LogP contribution in [0.4, 0.5) is 0 Å². The Hall–Kier alpha value is -1.40. The molecule has 14 heavy (non-hydrogen) atoms. The molecule has 0 spiro atoms. The highest BCUT2D eigenvalue weighted by Crippen LogP contribution is 2.12. The van der Waals surface area contributed by atoms with E-state index in [1.165, 1.54) is 0 Å². The van der Waals surface area contributed by atoms with E-state index < -0.39 is 18.1 Å². The van der Waals surface area contributed by atoms with E-state index in [1.54, 1.807) is 16.9 Å². The maximum Gasteiger partial charge on any atom is 0.323 e. The molecule has 6 nitrogen and oxygen atoms in total. The molecule has 0 aromatic carbocycles. The second-order valence-electron chi connectivity index (χ2n) is 2.91. The quantitative estimate of drug-likeness (QED) is 0.598. The molecule has 78 valence electrons. The summed E-state index contributed by atoms with van der Waals surface area (Å²) in [5.41, 5.74) is 5.52. The number of carbonyl (C=O) groups is 1. The van der Waals surface area contributed by atoms with Crippen LogP contribution in [0.2, 0.25) is 0 Å². The zero-order valence-corrected chi connectivity index (χ0v) is 7.79. The molecule has 0 saturated heterocycles. The van der Waals surface area contributed by atoms with Crippen LogP contribution in [0.25, 0.3) is 0 Å². The van der Waals surface area contributed by atoms with E-state index in [0.29, 0.717) is 6.54 Å². The number of hydrogen-bond donors (Lipinski definition) is 3. The van der Waals surface area contributed by atoms with Gasteiger partial charge in [-0.25, -0.2) is 0 Å². The Kier molecular flexibility index (Phi) is 3.21. The van der Waals surface area contributed by atoms with Crippen LogP contribution < -0.4 is 5.73 Å². The summed E-state index contributed by atoms with van der Waals surface area (Å²) in [6.07, 6.45) is 0.396. The van der Waals surface area contributed by atoms with Gasteiger partial charge < -0.3 is 15.9 Å². The standard InChI is InChI=1S/C8H13N3O3/c1-2-11-4-3-5(10-11)7(12)6(9)8(13)14/h3-4,6-7,12H,2,9H2,1H3,(H,13,14). The lowest BCUT2D eigenvalue weighted by molar-refractivity contribution is -0.141. The van der Waals surface area contributed by atoms with Crippen molar-refractivity contribution in [3.63, 3.8) is 0 Å². The molecule has 2 atom stereocenters. The number of aliphatic hydroxyl groups excluding tert-OH is 1. The number of aliphatic carboxylic acids is 1. The minimum Gasteiger partial charge on any atom is -0.480 e. The van der Waals surface area contributed by atoms with Crippen molar-refractivity contribution in [2.24, 2.45) is 5.73 Å². The van der Waals surface area contributed by atoms with Gasteiger partial charge in [0.2, 0.25) is 0 Å². The minimum absolute atomic E-state index is 0.279. The molecule has 0 aliphatic carbocycles. The van der Waals surface area contributed by atoms with Crippen molar-refractivity contribution in [1.82, 2.24) is 9.78 Å². The van der Waals surface area contributed by atoms with E-state index in [1.807, 2.05) is 6.92 Å². The van der Waals surface area contributed by atoms with Gasteiger partial charge in [0.05, 0.1) is 5.69 Å². The lowest BCUT2D eigenvalue weighted by atomic mass is 10.1. The fraction of sp³-hybridized carbons (Fsp3) is 0.500. The van der Waals surface area contributed by atoms with Crippen LogP contribution in [0.3, 0.4) is 0 Å². The van der Waals surface area contributed by atoms with E-state index in [9.17, 15) is 9.90 Å². The van der Waals surface area contributed by atoms with E-state index in [-0.39, 0.29) is 5.69 Å². The Bertz CT molecular complexity index is 323. The molecule has 0 radical (unpaired) electrons. The average Bonchev–Trinajstić information content (AvgIpc) is 2.63. The molecule has 0 saturated carbocycles. The molecule has 0 aliphatic rings. The highest BCUT2D eigenvalue weighted by molar-refractivity contribution is 5.74. The largest absolute Gasteiger partial charge is 0.480 e. The van der Waals surface area contributed by atoms with E-state index in [4.69, 9.17) is 10.8 Å². The van der Waals surface area contributed by atoms with E-state index >= 15 is 0 Å². The molecule has 0 amide bonds. The summed E-state index contributed by atoms with van der Waals surface area (Å²) in [5.74, 6) is -1.25. The van der Waals surface area contributed by atoms with Gasteiger partial charge in [0, 0.05) is 12.7 Å². The number of aliphatic hydroxyl groups is 1. The zero-order chi connectivity index (χ0) is 10.7. The molecule has 6 heteroatoms. The molecule has 2 unspecified atom stereocenters. The SMILES string of the molecule is CCn1ccc(C(O)C(N)C(=O)O)n1. The normalized spacial score (nSPS) is 15.1. The Balaban J connectivity index is 2.78. The summed E-state index contributed by atoms with van der Waals surface area (Å²) in [4.78, 5) is 10.5. The van der Waals surface area contributed by atoms with Crippen LogP contribution in [0.15, 0.2) is 12.3 Å². The summed E-state index contributed by atoms with van der Waals surface area (Å²) in [6, 6.07) is 0.215. The number of carboxylic acid groups (broad SMARTS) is 1. The molecule has 4 N–H and O–H groups in total. The molecule has 1 aromatic heterocycles. The van der Waals surface area contributed by atoms with Crippen molar-refractivity contribution in [2.45, 2.75) is 25.6 Å². The predicted octanol–water partition coefficient (Wildman–Crippen LogP) is -0.652. The van der Waals surface area contributed by atoms with Gasteiger partial charge in [0.15, 0.2) is 0 Å². The molecule has 0 aliphatic heterocycles. The number of aryl methyl sites for hydroxylation is 1. The summed E-state index contributed by atoms with van der Waals surface area (Å²) >= 11 is 0. The summed E-state index contributed by atoms with van der Waals surface area (Å²) < 4.78 is 1.59. The Morgan fingerprint density at radius 3 is 2.86 bits per heavy atom. The smallest absolute Gasteiger partial charge is 0.323 e. The second-order valence-corrected chi connectivity index (χ2v) is 2.91. The van der Waals surface area contributed by atoms with E-state index in [0.717, 1.165) is 0 Å². The molecule has 1 rings (SSSR count). The number of hydrogen-bond acceptors (Lipinski definition) is 4. The number of nitrogens with zero attached hydrogens (tertiary/aromatic N) is 2. The van der Waals surface area contributed by atoms with Gasteiger partial charge in [-0.2, -0.15) is 5.10 Å². The third-order valence-electron chi connectivity index (χ3n) is 1.91. The van der Waals surface area contributed by atoms with Crippen LogP contribution in [0, 0.1) is 0 Å². The van der Waals surface area contributed by atoms with Crippen molar-refractivity contribution in [3.05, 3.63) is 18.0 Å². The van der Waals surface area contributed by atoms with Gasteiger partial charge in [-0.1, -0.05) is 0 Å². The van der Waals surface area contributed by atoms with Gasteiger partial charge in [0.1, 0.15) is 12.1 Å². The molecule has 0 fully saturated rings. The first-order valence-electron chi connectivity index (χ1n) is 4.26. The minimum atomic E-state index is -1.34. The molecular formula is C8H13N3O3. The van der Waals surface area contributed by atoms with Gasteiger partial charge in [-0.05, 0) is 13.0 Å². The number of rotatable bonds is 4. The lowest BCUT2D eigenvalue weighted by Gasteiger charge is -2.11. The number of carboxylic acids is 1. The maximum absolute atomic E-state index is 10.5. The Morgan fingerprint density at radius 2 is 2.43 bits per heavy atom. The maximum atomic E-state index is 10.5. The zero-order valence-electron chi connectivity index (χ0n) is 7.79. The van der Waals surface area contributed by atoms with E-state index in [2.05, 4.69) is 5.10 Å². The Labute approximate surface area is 81.0 Å². The number of nitrogens with two attached hydrogens (primary N) is 1. The van der Waals surface area contributed by atoms with Crippen molar-refractivity contribution >= 4 is 5.97 Å². The summed E-state index contributed by atoms with van der Waals surface area (Å²) in [7, 11) is 0. The van der Waals surface area contributed by atoms with Crippen LogP contribution in [-0.2, 0) is 11.3 Å². The summed E-state index contributed by atoms with van der Waals surface area (Å²) in [5, 5.41) is 22.0. The first-order valence-corrected chi connectivity index (χ1v) is 4.26. The van der Waals surface area contributed by atoms with Crippen molar-refractivity contribution < 1.29 is 15.0 Å². The fourth-order valence-corrected chi connectivity index (χ4v) is 1.03. The third-order valence-corrected chi connectivity index (χ3v) is 1.91. The van der Waals surface area contributed by atoms with Gasteiger partial charge in [-0.15, -0.1) is 0 Å². The second kappa shape index (κ2) is 4.21. The Morgan fingerprint density at radius 1 is 1.79 bits per heavy atom. The van der Waals surface area contributed by atoms with Gasteiger partial charge in [0.25, 0.3) is 0 Å². The molecule has 1 heterocycles. The topological polar surface area (TPSA) is 101 Å². The number of aromatic nitrogens is 2. The summed E-state index contributed by atoms with van der Waals surface area (Å²) in [6.45, 7) is 2.55. The highest BCUT2D eigenvalue weighted by atomic mass is 16.4. The molecule has 0 bridgehead atoms. The van der Waals surface area contributed by atoms with Crippen molar-refractivity contribution in [3.8, 4) is 0 Å². The fourth-order valence-electron chi connectivity index (χ4n) is 1.03. The first kappa shape index (κ1) is 10.7. The van der Waals surface area contributed by atoms with Crippen molar-refractivity contribution in [2.75, 3.05) is 0 Å². The average molecular weight is 199 g/mol. The van der Waals surface area contributed by atoms with Crippen molar-refractivity contribution in [1.29, 1.82) is 0 Å². The monoisotopic (exact) mass is 199 g/mol.